The molecule has 0 unspecified atom stereocenters. The number of benzene rings is 2. The van der Waals surface area contributed by atoms with Crippen molar-refractivity contribution in [2.45, 2.75) is 45.4 Å². The molecule has 2 aliphatic carbocycles. The van der Waals surface area contributed by atoms with E-state index in [9.17, 15) is 14.0 Å². The van der Waals surface area contributed by atoms with E-state index in [4.69, 9.17) is 5.21 Å². The summed E-state index contributed by atoms with van der Waals surface area (Å²) in [5.74, 6) is 0.937. The van der Waals surface area contributed by atoms with Crippen molar-refractivity contribution in [1.82, 2.24) is 10.5 Å². The summed E-state index contributed by atoms with van der Waals surface area (Å²) in [6, 6.07) is 13.3. The highest BCUT2D eigenvalue weighted by molar-refractivity contribution is 5.97. The molecule has 1 aromatic heterocycles. The highest BCUT2D eigenvalue weighted by Gasteiger charge is 2.49. The number of halogens is 1. The number of rotatable bonds is 5. The third-order valence-electron chi connectivity index (χ3n) is 8.31. The zero-order valence-electron chi connectivity index (χ0n) is 19.9. The van der Waals surface area contributed by atoms with Crippen LogP contribution in [0.25, 0.3) is 10.9 Å². The predicted octanol–water partition coefficient (Wildman–Crippen LogP) is 5.68. The molecular formula is C28H30FN3O3. The number of carbonyl (C=O) groups excluding carboxylic acids is 2. The van der Waals surface area contributed by atoms with Crippen LogP contribution in [0.5, 0.6) is 0 Å². The Hall–Kier alpha value is -3.32. The number of hydroxylamine groups is 1. The van der Waals surface area contributed by atoms with Gasteiger partial charge in [0.1, 0.15) is 5.82 Å². The van der Waals surface area contributed by atoms with Crippen LogP contribution < -0.4 is 10.8 Å². The number of pyridine rings is 1. The van der Waals surface area contributed by atoms with E-state index in [1.165, 1.54) is 11.6 Å². The number of hydrogen-bond acceptors (Lipinski definition) is 4. The summed E-state index contributed by atoms with van der Waals surface area (Å²) >= 11 is 0. The molecule has 3 aromatic rings. The normalized spacial score (nSPS) is 23.8. The van der Waals surface area contributed by atoms with Crippen LogP contribution >= 0.6 is 0 Å². The van der Waals surface area contributed by atoms with Crippen LogP contribution in [0, 0.1) is 29.0 Å². The summed E-state index contributed by atoms with van der Waals surface area (Å²) in [4.78, 5) is 29.1. The Bertz CT molecular complexity index is 1260. The maximum atomic E-state index is 13.9. The molecule has 5 rings (SSSR count). The maximum absolute atomic E-state index is 13.9. The first-order chi connectivity index (χ1) is 16.8. The number of anilines is 1. The van der Waals surface area contributed by atoms with Gasteiger partial charge in [0.05, 0.1) is 5.52 Å². The predicted molar refractivity (Wildman–Crippen MR) is 131 cm³/mol. The monoisotopic (exact) mass is 475 g/mol. The molecular weight excluding hydrogens is 445 g/mol. The first-order valence-electron chi connectivity index (χ1n) is 12.2. The Kier molecular flexibility index (Phi) is 6.05. The zero-order chi connectivity index (χ0) is 24.7. The molecule has 0 bridgehead atoms. The van der Waals surface area contributed by atoms with Crippen LogP contribution in [0.3, 0.4) is 0 Å². The molecule has 182 valence electrons. The average molecular weight is 476 g/mol. The van der Waals surface area contributed by atoms with Gasteiger partial charge in [0, 0.05) is 28.2 Å². The SMILES string of the molecule is CC(C)(C(=O)Nc1ccc(C(=O)NO)cc1)[C@H]1C[C@H]2C[C@@H](c3ccnc4ccc(F)cc34)C[C@H]2C1. The minimum Gasteiger partial charge on any atom is -0.326 e. The third-order valence-corrected chi connectivity index (χ3v) is 8.31. The number of aromatic nitrogens is 1. The summed E-state index contributed by atoms with van der Waals surface area (Å²) in [7, 11) is 0. The minimum absolute atomic E-state index is 0.0333. The van der Waals surface area contributed by atoms with E-state index < -0.39 is 11.3 Å². The van der Waals surface area contributed by atoms with E-state index in [-0.39, 0.29) is 17.6 Å². The molecule has 2 amide bonds. The van der Waals surface area contributed by atoms with E-state index in [1.807, 2.05) is 26.1 Å². The van der Waals surface area contributed by atoms with Gasteiger partial charge in [-0.2, -0.15) is 0 Å². The molecule has 3 N–H and O–H groups in total. The second-order valence-corrected chi connectivity index (χ2v) is 10.6. The lowest BCUT2D eigenvalue weighted by atomic mass is 9.75. The number of nitrogens with zero attached hydrogens (tertiary/aromatic N) is 1. The van der Waals surface area contributed by atoms with Crippen molar-refractivity contribution in [2.24, 2.45) is 23.2 Å². The fraction of sp³-hybridized carbons (Fsp3) is 0.393. The van der Waals surface area contributed by atoms with E-state index in [2.05, 4.69) is 10.3 Å². The topological polar surface area (TPSA) is 91.3 Å². The summed E-state index contributed by atoms with van der Waals surface area (Å²) < 4.78 is 13.9. The number of hydrogen-bond donors (Lipinski definition) is 3. The van der Waals surface area contributed by atoms with Gasteiger partial charge < -0.3 is 5.32 Å². The van der Waals surface area contributed by atoms with Crippen LogP contribution in [-0.4, -0.2) is 22.0 Å². The van der Waals surface area contributed by atoms with E-state index in [0.717, 1.165) is 36.6 Å². The summed E-state index contributed by atoms with van der Waals surface area (Å²) in [5.41, 5.74) is 4.02. The number of nitrogens with one attached hydrogen (secondary N) is 2. The highest BCUT2D eigenvalue weighted by atomic mass is 19.1. The van der Waals surface area contributed by atoms with Gasteiger partial charge in [0.25, 0.3) is 5.91 Å². The Morgan fingerprint density at radius 2 is 1.69 bits per heavy atom. The summed E-state index contributed by atoms with van der Waals surface area (Å²) in [6.07, 6.45) is 5.96. The second kappa shape index (κ2) is 9.04. The third kappa shape index (κ3) is 4.41. The van der Waals surface area contributed by atoms with E-state index >= 15 is 0 Å². The van der Waals surface area contributed by atoms with Crippen molar-refractivity contribution in [3.05, 3.63) is 71.7 Å². The molecule has 0 saturated heterocycles. The fourth-order valence-corrected chi connectivity index (χ4v) is 6.20. The van der Waals surface area contributed by atoms with E-state index in [1.54, 1.807) is 41.9 Å². The molecule has 6 nitrogen and oxygen atoms in total. The van der Waals surface area contributed by atoms with Crippen molar-refractivity contribution in [2.75, 3.05) is 5.32 Å². The molecule has 1 heterocycles. The van der Waals surface area contributed by atoms with Gasteiger partial charge in [-0.05, 0) is 103 Å². The molecule has 7 heteroatoms. The fourth-order valence-electron chi connectivity index (χ4n) is 6.20. The first kappa shape index (κ1) is 23.4. The Morgan fingerprint density at radius 1 is 1.00 bits per heavy atom. The molecule has 0 spiro atoms. The molecule has 2 fully saturated rings. The van der Waals surface area contributed by atoms with Crippen molar-refractivity contribution in [3.8, 4) is 0 Å². The van der Waals surface area contributed by atoms with Gasteiger partial charge >= 0.3 is 0 Å². The summed E-state index contributed by atoms with van der Waals surface area (Å²) in [6.45, 7) is 4.02. The van der Waals surface area contributed by atoms with Crippen LogP contribution in [-0.2, 0) is 4.79 Å². The van der Waals surface area contributed by atoms with Crippen molar-refractivity contribution in [3.63, 3.8) is 0 Å². The highest BCUT2D eigenvalue weighted by Crippen LogP contribution is 2.56. The lowest BCUT2D eigenvalue weighted by molar-refractivity contribution is -0.126. The van der Waals surface area contributed by atoms with Gasteiger partial charge in [-0.1, -0.05) is 13.8 Å². The Balaban J connectivity index is 1.24. The summed E-state index contributed by atoms with van der Waals surface area (Å²) in [5, 5.41) is 12.7. The quantitative estimate of drug-likeness (QED) is 0.327. The molecule has 0 aliphatic heterocycles. The van der Waals surface area contributed by atoms with Crippen LogP contribution in [0.1, 0.15) is 61.4 Å². The maximum Gasteiger partial charge on any atom is 0.274 e. The van der Waals surface area contributed by atoms with Gasteiger partial charge in [0.2, 0.25) is 5.91 Å². The van der Waals surface area contributed by atoms with Gasteiger partial charge in [-0.15, -0.1) is 0 Å². The average Bonchev–Trinajstić information content (AvgIpc) is 3.43. The zero-order valence-corrected chi connectivity index (χ0v) is 19.9. The molecule has 4 atom stereocenters. The lowest BCUT2D eigenvalue weighted by Crippen LogP contribution is -2.37. The first-order valence-corrected chi connectivity index (χ1v) is 12.2. The number of amides is 2. The van der Waals surface area contributed by atoms with Crippen molar-refractivity contribution < 1.29 is 19.2 Å². The van der Waals surface area contributed by atoms with E-state index in [0.29, 0.717) is 29.0 Å². The Labute approximate surface area is 203 Å². The molecule has 2 aliphatic rings. The Morgan fingerprint density at radius 3 is 2.34 bits per heavy atom. The number of fused-ring (bicyclic) bond motifs is 2. The van der Waals surface area contributed by atoms with Crippen molar-refractivity contribution >= 4 is 28.4 Å². The molecule has 35 heavy (non-hydrogen) atoms. The largest absolute Gasteiger partial charge is 0.326 e. The van der Waals surface area contributed by atoms with Crippen LogP contribution in [0.2, 0.25) is 0 Å². The number of carbonyl (C=O) groups is 2. The lowest BCUT2D eigenvalue weighted by Gasteiger charge is -2.31. The smallest absolute Gasteiger partial charge is 0.274 e. The van der Waals surface area contributed by atoms with Crippen molar-refractivity contribution in [1.29, 1.82) is 0 Å². The standard InChI is InChI=1S/C28H30FN3O3/c1-28(2,27(34)31-22-6-3-16(4-7-22)26(33)32-35)20-13-17-11-19(12-18(17)14-20)23-9-10-30-25-8-5-21(29)15-24(23)25/h3-10,15,17-20,35H,11-14H2,1-2H3,(H,31,34)(H,32,33)/t17-,18+,19-,20+. The molecule has 2 aromatic carbocycles. The van der Waals surface area contributed by atoms with Crippen LogP contribution in [0.4, 0.5) is 10.1 Å². The molecule has 2 saturated carbocycles. The van der Waals surface area contributed by atoms with Gasteiger partial charge in [-0.25, -0.2) is 9.87 Å². The van der Waals surface area contributed by atoms with Gasteiger partial charge in [0.15, 0.2) is 0 Å². The molecule has 0 radical (unpaired) electrons. The minimum atomic E-state index is -0.594. The second-order valence-electron chi connectivity index (χ2n) is 10.6. The van der Waals surface area contributed by atoms with Gasteiger partial charge in [-0.3, -0.25) is 19.8 Å². The van der Waals surface area contributed by atoms with Crippen LogP contribution in [0.15, 0.2) is 54.7 Å².